The van der Waals surface area contributed by atoms with Crippen LogP contribution in [0.2, 0.25) is 0 Å². The summed E-state index contributed by atoms with van der Waals surface area (Å²) in [6.45, 7) is 11.3. The van der Waals surface area contributed by atoms with E-state index < -0.39 is 35.6 Å². The highest BCUT2D eigenvalue weighted by atomic mass is 32.1. The van der Waals surface area contributed by atoms with Crippen LogP contribution < -0.4 is 16.0 Å². The molecule has 4 aromatic rings. The van der Waals surface area contributed by atoms with Crippen molar-refractivity contribution in [2.45, 2.75) is 123 Å². The Hall–Kier alpha value is -5.62. The zero-order valence-electron chi connectivity index (χ0n) is 39.8. The number of aryl methyl sites for hydroxylation is 1. The number of rotatable bonds is 20. The Morgan fingerprint density at radius 1 is 0.897 bits per heavy atom. The van der Waals surface area contributed by atoms with E-state index in [0.29, 0.717) is 45.3 Å². The molecule has 2 fully saturated rings. The molecule has 3 aliphatic heterocycles. The second kappa shape index (κ2) is 23.1. The van der Waals surface area contributed by atoms with E-state index in [2.05, 4.69) is 54.0 Å². The van der Waals surface area contributed by atoms with Gasteiger partial charge < -0.3 is 36.0 Å². The third-order valence-electron chi connectivity index (χ3n) is 13.2. The van der Waals surface area contributed by atoms with Gasteiger partial charge in [0, 0.05) is 77.3 Å². The van der Waals surface area contributed by atoms with Crippen LogP contribution in [-0.2, 0) is 45.1 Å². The lowest BCUT2D eigenvalue weighted by Crippen LogP contribution is -2.57. The van der Waals surface area contributed by atoms with Gasteiger partial charge in [-0.25, -0.2) is 15.0 Å². The van der Waals surface area contributed by atoms with E-state index in [4.69, 9.17) is 0 Å². The van der Waals surface area contributed by atoms with E-state index >= 15 is 0 Å². The Balaban J connectivity index is 0.763. The van der Waals surface area contributed by atoms with Gasteiger partial charge in [-0.1, -0.05) is 82.1 Å². The van der Waals surface area contributed by atoms with Gasteiger partial charge >= 0.3 is 0 Å². The van der Waals surface area contributed by atoms with E-state index in [-0.39, 0.29) is 67.7 Å². The fourth-order valence-corrected chi connectivity index (χ4v) is 10.1. The summed E-state index contributed by atoms with van der Waals surface area (Å²) in [4.78, 5) is 85.9. The Morgan fingerprint density at radius 2 is 1.63 bits per heavy atom. The number of unbranched alkanes of at least 4 members (excludes halogenated alkanes) is 3. The Morgan fingerprint density at radius 3 is 2.35 bits per heavy atom. The highest BCUT2D eigenvalue weighted by Gasteiger charge is 2.44. The number of hydrogen-bond donors (Lipinski definition) is 5. The predicted molar refractivity (Wildman–Crippen MR) is 259 cm³/mol. The van der Waals surface area contributed by atoms with E-state index in [0.717, 1.165) is 59.7 Å². The van der Waals surface area contributed by atoms with Gasteiger partial charge in [0.15, 0.2) is 0 Å². The van der Waals surface area contributed by atoms with Crippen molar-refractivity contribution in [1.82, 2.24) is 45.6 Å². The molecule has 5 N–H and O–H groups in total. The molecule has 0 unspecified atom stereocenters. The first kappa shape index (κ1) is 50.3. The minimum absolute atomic E-state index is 0.00553. The molecule has 0 spiro atoms. The molecule has 17 heteroatoms. The number of aliphatic hydroxyl groups excluding tert-OH is 2. The number of carbonyl (C=O) groups excluding carboxylic acids is 5. The average molecular weight is 950 g/mol. The van der Waals surface area contributed by atoms with Crippen LogP contribution in [-0.4, -0.2) is 133 Å². The van der Waals surface area contributed by atoms with Gasteiger partial charge in [0.05, 0.1) is 28.3 Å². The van der Waals surface area contributed by atoms with Crippen LogP contribution >= 0.6 is 11.3 Å². The zero-order valence-corrected chi connectivity index (χ0v) is 40.6. The number of aliphatic hydroxyl groups is 2. The smallest absolute Gasteiger partial charge is 0.270 e. The fraction of sp³-hybridized carbons (Fsp3) is 0.529. The summed E-state index contributed by atoms with van der Waals surface area (Å²) in [6.07, 6.45) is 4.97. The number of nitrogens with one attached hydrogen (secondary N) is 3. The van der Waals surface area contributed by atoms with Gasteiger partial charge in [-0.3, -0.25) is 28.9 Å². The highest BCUT2D eigenvalue weighted by Crippen LogP contribution is 2.29. The summed E-state index contributed by atoms with van der Waals surface area (Å²) in [5.41, 5.74) is 7.68. The van der Waals surface area contributed by atoms with Crippen LogP contribution in [0.4, 0.5) is 0 Å². The lowest BCUT2D eigenvalue weighted by Gasteiger charge is -2.39. The predicted octanol–water partition coefficient (Wildman–Crippen LogP) is 4.21. The van der Waals surface area contributed by atoms with Crippen molar-refractivity contribution in [3.05, 3.63) is 100 Å². The number of fused-ring (bicyclic) bond motifs is 1. The average Bonchev–Trinajstić information content (AvgIpc) is 3.93. The maximum atomic E-state index is 14.0. The number of aromatic nitrogens is 3. The molecule has 0 bridgehead atoms. The summed E-state index contributed by atoms with van der Waals surface area (Å²) < 4.78 is 0. The van der Waals surface area contributed by atoms with Crippen molar-refractivity contribution in [2.24, 2.45) is 11.3 Å². The van der Waals surface area contributed by atoms with Crippen LogP contribution in [0.15, 0.2) is 66.4 Å². The molecule has 5 amide bonds. The van der Waals surface area contributed by atoms with E-state index in [9.17, 15) is 34.2 Å². The van der Waals surface area contributed by atoms with Gasteiger partial charge in [-0.05, 0) is 72.3 Å². The fourth-order valence-electron chi connectivity index (χ4n) is 9.29. The van der Waals surface area contributed by atoms with Crippen LogP contribution in [0.5, 0.6) is 0 Å². The van der Waals surface area contributed by atoms with Gasteiger partial charge in [-0.15, -0.1) is 11.3 Å². The first-order valence-electron chi connectivity index (χ1n) is 24.0. The summed E-state index contributed by atoms with van der Waals surface area (Å²) in [5, 5.41) is 29.9. The van der Waals surface area contributed by atoms with Crippen molar-refractivity contribution >= 4 is 40.9 Å². The van der Waals surface area contributed by atoms with Crippen molar-refractivity contribution in [3.8, 4) is 10.4 Å². The van der Waals surface area contributed by atoms with Crippen molar-refractivity contribution in [2.75, 3.05) is 39.3 Å². The Labute approximate surface area is 403 Å². The van der Waals surface area contributed by atoms with Crippen molar-refractivity contribution in [1.29, 1.82) is 0 Å². The normalized spacial score (nSPS) is 18.3. The van der Waals surface area contributed by atoms with Gasteiger partial charge in [0.2, 0.25) is 23.6 Å². The molecular formula is C51H67N9O7S. The summed E-state index contributed by atoms with van der Waals surface area (Å²) in [5.74, 6) is -1.05. The van der Waals surface area contributed by atoms with Crippen LogP contribution in [0.3, 0.4) is 0 Å². The maximum Gasteiger partial charge on any atom is 0.270 e. The van der Waals surface area contributed by atoms with E-state index in [1.165, 1.54) is 22.4 Å². The second-order valence-electron chi connectivity index (χ2n) is 19.7. The van der Waals surface area contributed by atoms with E-state index in [1.54, 1.807) is 17.4 Å². The lowest BCUT2D eigenvalue weighted by molar-refractivity contribution is -0.144. The molecule has 0 radical (unpaired) electrons. The maximum absolute atomic E-state index is 14.0. The first-order chi connectivity index (χ1) is 32.6. The molecule has 2 aromatic carbocycles. The quantitative estimate of drug-likeness (QED) is 0.0793. The van der Waals surface area contributed by atoms with Gasteiger partial charge in [0.25, 0.3) is 5.91 Å². The minimum Gasteiger partial charge on any atom is -0.391 e. The third-order valence-corrected chi connectivity index (χ3v) is 14.2. The molecular weight excluding hydrogens is 883 g/mol. The molecule has 7 rings (SSSR count). The first-order valence-corrected chi connectivity index (χ1v) is 24.9. The topological polar surface area (TPSA) is 210 Å². The number of likely N-dealkylation sites (tertiary alicyclic amines) is 2. The molecule has 5 heterocycles. The summed E-state index contributed by atoms with van der Waals surface area (Å²) >= 11 is 1.57. The zero-order chi connectivity index (χ0) is 48.4. The molecule has 68 heavy (non-hydrogen) atoms. The van der Waals surface area contributed by atoms with Gasteiger partial charge in [-0.2, -0.15) is 0 Å². The van der Waals surface area contributed by atoms with E-state index in [1.807, 2.05) is 68.4 Å². The number of amides is 5. The largest absolute Gasteiger partial charge is 0.391 e. The van der Waals surface area contributed by atoms with Crippen LogP contribution in [0.25, 0.3) is 10.4 Å². The SMILES string of the molecule is Cc1ncsc1-c1ccc(CNC(=O)[C@@H]2C[C@@H](O)CN2C(=O)[C@@H](NC(=O)CCCCCCC(=O)N2CC(Cc3cc(C(=O)NC[C@H](O)CN4CCc5ccccc5C4)ncn3)C2)C(C)(C)C)cc1. The standard InChI is InChI=1S/C51H67N9O7S/c1-33-46(68-32-56-33)37-17-15-34(16-18-37)24-52-49(66)43-23-40(61)30-60(43)50(67)47(51(2,3)4)57-44(63)13-7-5-6-8-14-45(64)59-26-35(27-59)21-39-22-42(55-31-54-39)48(65)53-25-41(62)29-58-20-19-36-11-9-10-12-38(36)28-58/h9-12,15-18,22,31-32,35,40-41,43,47,61-62H,5-8,13-14,19-21,23-30H2,1-4H3,(H,52,66)(H,53,65)(H,57,63)/t40-,41+,43+,47-/m1/s1. The summed E-state index contributed by atoms with van der Waals surface area (Å²) in [6, 6.07) is 16.2. The summed E-state index contributed by atoms with van der Waals surface area (Å²) in [7, 11) is 0. The molecule has 364 valence electrons. The highest BCUT2D eigenvalue weighted by molar-refractivity contribution is 7.13. The number of nitrogens with zero attached hydrogens (tertiary/aromatic N) is 6. The second-order valence-corrected chi connectivity index (χ2v) is 20.6. The number of hydrogen-bond acceptors (Lipinski definition) is 12. The number of thiazole rings is 1. The number of carbonyl (C=O) groups is 5. The molecule has 0 aliphatic carbocycles. The molecule has 16 nitrogen and oxygen atoms in total. The molecule has 2 saturated heterocycles. The monoisotopic (exact) mass is 949 g/mol. The lowest BCUT2D eigenvalue weighted by atomic mass is 9.85. The Bertz CT molecular complexity index is 2380. The van der Waals surface area contributed by atoms with Gasteiger partial charge in [0.1, 0.15) is 24.1 Å². The third kappa shape index (κ3) is 13.5. The van der Waals surface area contributed by atoms with Crippen molar-refractivity contribution < 1.29 is 34.2 Å². The van der Waals surface area contributed by atoms with Crippen LogP contribution in [0.1, 0.15) is 104 Å². The molecule has 2 aromatic heterocycles. The minimum atomic E-state index is -0.897. The van der Waals surface area contributed by atoms with Crippen molar-refractivity contribution in [3.63, 3.8) is 0 Å². The molecule has 4 atom stereocenters. The van der Waals surface area contributed by atoms with Crippen LogP contribution in [0, 0.1) is 18.3 Å². The number of benzene rings is 2. The Kier molecular flexibility index (Phi) is 17.1. The number of β-amino-alcohol motifs (C(OH)–C–C–N with tert-alkyl or cyclic N) is 2. The molecule has 0 saturated carbocycles. The molecule has 3 aliphatic rings.